The normalized spacial score (nSPS) is 13.0. The van der Waals surface area contributed by atoms with Crippen molar-refractivity contribution in [2.45, 2.75) is 52.6 Å². The van der Waals surface area contributed by atoms with Crippen LogP contribution in [-0.4, -0.2) is 17.0 Å². The minimum Gasteiger partial charge on any atom is -0.491 e. The van der Waals surface area contributed by atoms with Crippen molar-refractivity contribution in [3.8, 4) is 17.2 Å². The summed E-state index contributed by atoms with van der Waals surface area (Å²) in [6.45, 7) is 8.47. The van der Waals surface area contributed by atoms with E-state index in [4.69, 9.17) is 9.15 Å². The number of fused-ring (bicyclic) bond motifs is 1. The fourth-order valence-electron chi connectivity index (χ4n) is 3.54. The van der Waals surface area contributed by atoms with Crippen LogP contribution in [0.4, 0.5) is 5.69 Å². The number of nitrogens with one attached hydrogen (secondary N) is 1. The summed E-state index contributed by atoms with van der Waals surface area (Å²) in [5, 5.41) is 2.94. The Morgan fingerprint density at radius 2 is 1.79 bits per heavy atom. The number of oxazole rings is 1. The van der Waals surface area contributed by atoms with Crippen molar-refractivity contribution in [2.24, 2.45) is 0 Å². The van der Waals surface area contributed by atoms with Crippen LogP contribution in [0, 0.1) is 0 Å². The molecule has 2 unspecified atom stereocenters. The molecule has 0 aliphatic rings. The van der Waals surface area contributed by atoms with Gasteiger partial charge in [-0.15, -0.1) is 0 Å². The Hall–Kier alpha value is -3.60. The molecule has 0 aliphatic carbocycles. The number of anilines is 1. The van der Waals surface area contributed by atoms with E-state index >= 15 is 0 Å². The summed E-state index contributed by atoms with van der Waals surface area (Å²) in [6.07, 6.45) is 2.09. The summed E-state index contributed by atoms with van der Waals surface area (Å²) < 4.78 is 11.8. The van der Waals surface area contributed by atoms with Crippen molar-refractivity contribution in [3.05, 3.63) is 77.9 Å². The molecule has 1 heterocycles. The maximum Gasteiger partial charge on any atom is 0.255 e. The smallest absolute Gasteiger partial charge is 0.255 e. The molecule has 4 aromatic rings. The highest BCUT2D eigenvalue weighted by Crippen LogP contribution is 2.28. The summed E-state index contributed by atoms with van der Waals surface area (Å²) in [5.74, 6) is 1.57. The first-order valence-corrected chi connectivity index (χ1v) is 11.6. The molecule has 0 bridgehead atoms. The van der Waals surface area contributed by atoms with Crippen LogP contribution in [0.5, 0.6) is 5.75 Å². The van der Waals surface area contributed by atoms with Crippen molar-refractivity contribution in [1.82, 2.24) is 4.98 Å². The van der Waals surface area contributed by atoms with Crippen LogP contribution in [0.25, 0.3) is 22.6 Å². The number of hydrogen-bond donors (Lipinski definition) is 1. The van der Waals surface area contributed by atoms with Crippen molar-refractivity contribution < 1.29 is 13.9 Å². The van der Waals surface area contributed by atoms with Crippen LogP contribution in [0.3, 0.4) is 0 Å². The van der Waals surface area contributed by atoms with Crippen LogP contribution < -0.4 is 10.1 Å². The lowest BCUT2D eigenvalue weighted by Crippen LogP contribution is -2.13. The molecule has 5 nitrogen and oxygen atoms in total. The monoisotopic (exact) mass is 442 g/mol. The molecule has 3 aromatic carbocycles. The summed E-state index contributed by atoms with van der Waals surface area (Å²) in [4.78, 5) is 17.4. The summed E-state index contributed by atoms with van der Waals surface area (Å²) >= 11 is 0. The predicted molar refractivity (Wildman–Crippen MR) is 133 cm³/mol. The van der Waals surface area contributed by atoms with E-state index in [1.54, 1.807) is 12.1 Å². The topological polar surface area (TPSA) is 64.4 Å². The van der Waals surface area contributed by atoms with Gasteiger partial charge < -0.3 is 14.5 Å². The van der Waals surface area contributed by atoms with Gasteiger partial charge in [0, 0.05) is 16.8 Å². The first-order chi connectivity index (χ1) is 16.0. The van der Waals surface area contributed by atoms with E-state index in [2.05, 4.69) is 43.2 Å². The van der Waals surface area contributed by atoms with Gasteiger partial charge in [0.15, 0.2) is 5.58 Å². The van der Waals surface area contributed by atoms with Crippen molar-refractivity contribution in [3.63, 3.8) is 0 Å². The lowest BCUT2D eigenvalue weighted by atomic mass is 9.98. The first-order valence-electron chi connectivity index (χ1n) is 11.6. The van der Waals surface area contributed by atoms with Gasteiger partial charge in [0.2, 0.25) is 5.89 Å². The van der Waals surface area contributed by atoms with Gasteiger partial charge >= 0.3 is 0 Å². The number of ether oxygens (including phenoxy) is 1. The molecule has 1 amide bonds. The SMILES string of the molecule is CCC(C)Oc1cccc(C(=O)Nc2ccc(-c3nc4cc(C(C)CC)ccc4o3)cc2)c1. The summed E-state index contributed by atoms with van der Waals surface area (Å²) in [6, 6.07) is 20.9. The number of rotatable bonds is 8. The molecule has 0 saturated carbocycles. The number of carbonyl (C=O) groups is 1. The minimum atomic E-state index is -0.184. The summed E-state index contributed by atoms with van der Waals surface area (Å²) in [7, 11) is 0. The molecule has 0 saturated heterocycles. The van der Waals surface area contributed by atoms with E-state index in [1.165, 1.54) is 5.56 Å². The Labute approximate surface area is 194 Å². The number of hydrogen-bond acceptors (Lipinski definition) is 4. The molecule has 33 heavy (non-hydrogen) atoms. The Balaban J connectivity index is 1.47. The number of benzene rings is 3. The van der Waals surface area contributed by atoms with E-state index in [9.17, 15) is 4.79 Å². The molecule has 0 aliphatic heterocycles. The second-order valence-electron chi connectivity index (χ2n) is 8.45. The summed E-state index contributed by atoms with van der Waals surface area (Å²) in [5.41, 5.74) is 5.01. The molecule has 1 N–H and O–H groups in total. The zero-order valence-corrected chi connectivity index (χ0v) is 19.6. The number of amides is 1. The maximum atomic E-state index is 12.7. The highest BCUT2D eigenvalue weighted by molar-refractivity contribution is 6.04. The quantitative estimate of drug-likeness (QED) is 0.308. The van der Waals surface area contributed by atoms with Gasteiger partial charge in [-0.3, -0.25) is 4.79 Å². The van der Waals surface area contributed by atoms with Crippen molar-refractivity contribution >= 4 is 22.7 Å². The zero-order chi connectivity index (χ0) is 23.4. The Bertz CT molecular complexity index is 1240. The van der Waals surface area contributed by atoms with Crippen molar-refractivity contribution in [2.75, 3.05) is 5.32 Å². The van der Waals surface area contributed by atoms with Gasteiger partial charge in [-0.2, -0.15) is 0 Å². The van der Waals surface area contributed by atoms with Crippen LogP contribution in [-0.2, 0) is 0 Å². The third-order valence-electron chi connectivity index (χ3n) is 5.99. The highest BCUT2D eigenvalue weighted by atomic mass is 16.5. The third-order valence-corrected chi connectivity index (χ3v) is 5.99. The fraction of sp³-hybridized carbons (Fsp3) is 0.286. The van der Waals surface area contributed by atoms with Gasteiger partial charge in [0.25, 0.3) is 5.91 Å². The largest absolute Gasteiger partial charge is 0.491 e. The third kappa shape index (κ3) is 5.25. The molecule has 0 fully saturated rings. The van der Waals surface area contributed by atoms with E-state index in [1.807, 2.05) is 49.4 Å². The number of nitrogens with zero attached hydrogens (tertiary/aromatic N) is 1. The molecule has 2 atom stereocenters. The Morgan fingerprint density at radius 3 is 2.52 bits per heavy atom. The maximum absolute atomic E-state index is 12.7. The van der Waals surface area contributed by atoms with Gasteiger partial charge in [0.05, 0.1) is 6.10 Å². The fourth-order valence-corrected chi connectivity index (χ4v) is 3.54. The van der Waals surface area contributed by atoms with E-state index in [0.29, 0.717) is 28.8 Å². The molecule has 4 rings (SSSR count). The molecule has 0 radical (unpaired) electrons. The first kappa shape index (κ1) is 22.6. The molecule has 5 heteroatoms. The Kier molecular flexibility index (Phi) is 6.78. The number of aromatic nitrogens is 1. The van der Waals surface area contributed by atoms with E-state index < -0.39 is 0 Å². The van der Waals surface area contributed by atoms with Gasteiger partial charge in [-0.25, -0.2) is 4.98 Å². The molecule has 1 aromatic heterocycles. The zero-order valence-electron chi connectivity index (χ0n) is 19.6. The van der Waals surface area contributed by atoms with Crippen LogP contribution >= 0.6 is 0 Å². The van der Waals surface area contributed by atoms with E-state index in [-0.39, 0.29) is 12.0 Å². The number of carbonyl (C=O) groups excluding carboxylic acids is 1. The second kappa shape index (κ2) is 9.90. The van der Waals surface area contributed by atoms with Gasteiger partial charge in [-0.1, -0.05) is 32.9 Å². The lowest BCUT2D eigenvalue weighted by molar-refractivity contribution is 0.102. The second-order valence-corrected chi connectivity index (χ2v) is 8.45. The van der Waals surface area contributed by atoms with Crippen LogP contribution in [0.1, 0.15) is 62.4 Å². The van der Waals surface area contributed by atoms with Crippen LogP contribution in [0.2, 0.25) is 0 Å². The molecule has 170 valence electrons. The molecule has 0 spiro atoms. The highest BCUT2D eigenvalue weighted by Gasteiger charge is 2.12. The standard InChI is InChI=1S/C28H30N2O3/c1-5-18(3)21-12-15-26-25(17-21)30-28(33-26)20-10-13-23(14-11-20)29-27(31)22-8-7-9-24(16-22)32-19(4)6-2/h7-19H,5-6H2,1-4H3,(H,29,31). The Morgan fingerprint density at radius 1 is 1.00 bits per heavy atom. The minimum absolute atomic E-state index is 0.101. The average molecular weight is 443 g/mol. The van der Waals surface area contributed by atoms with Crippen LogP contribution in [0.15, 0.2) is 71.1 Å². The average Bonchev–Trinajstić information content (AvgIpc) is 3.27. The molecular formula is C28H30N2O3. The predicted octanol–water partition coefficient (Wildman–Crippen LogP) is 7.44. The van der Waals surface area contributed by atoms with Gasteiger partial charge in [-0.05, 0) is 85.8 Å². The van der Waals surface area contributed by atoms with E-state index in [0.717, 1.165) is 29.5 Å². The van der Waals surface area contributed by atoms with Gasteiger partial charge in [0.1, 0.15) is 11.3 Å². The molecular weight excluding hydrogens is 412 g/mol. The lowest BCUT2D eigenvalue weighted by Gasteiger charge is -2.13. The van der Waals surface area contributed by atoms with Crippen molar-refractivity contribution in [1.29, 1.82) is 0 Å².